The van der Waals surface area contributed by atoms with Crippen LogP contribution in [0.5, 0.6) is 0 Å². The molecular formula is C7H9F3N4OS2. The van der Waals surface area contributed by atoms with E-state index in [0.29, 0.717) is 0 Å². The van der Waals surface area contributed by atoms with Gasteiger partial charge in [0, 0.05) is 12.3 Å². The van der Waals surface area contributed by atoms with Crippen molar-refractivity contribution in [3.8, 4) is 0 Å². The Kier molecular flexibility index (Phi) is 4.46. The number of carbonyl (C=O) groups excluding carboxylic acids is 1. The van der Waals surface area contributed by atoms with Crippen molar-refractivity contribution in [2.24, 2.45) is 5.73 Å². The van der Waals surface area contributed by atoms with Crippen LogP contribution in [0.4, 0.5) is 24.0 Å². The Labute approximate surface area is 103 Å². The molecular weight excluding hydrogens is 277 g/mol. The number of rotatable bonds is 5. The third kappa shape index (κ3) is 4.30. The van der Waals surface area contributed by atoms with E-state index in [1.54, 1.807) is 0 Å². The summed E-state index contributed by atoms with van der Waals surface area (Å²) >= 11 is 0.733. The fourth-order valence-corrected chi connectivity index (χ4v) is 2.17. The highest BCUT2D eigenvalue weighted by Gasteiger charge is 2.27. The molecule has 1 aromatic rings. The van der Waals surface area contributed by atoms with Gasteiger partial charge in [0.05, 0.1) is 0 Å². The average Bonchev–Trinajstić information content (AvgIpc) is 2.53. The molecule has 0 aliphatic carbocycles. The molecule has 0 bridgehead atoms. The predicted molar refractivity (Wildman–Crippen MR) is 62.0 cm³/mol. The lowest BCUT2D eigenvalue weighted by atomic mass is 10.3. The van der Waals surface area contributed by atoms with E-state index in [-0.39, 0.29) is 40.4 Å². The van der Waals surface area contributed by atoms with Gasteiger partial charge in [-0.25, -0.2) is 0 Å². The van der Waals surface area contributed by atoms with Gasteiger partial charge in [-0.05, 0) is 23.3 Å². The molecule has 5 N–H and O–H groups in total. The first-order valence-corrected chi connectivity index (χ1v) is 6.06. The van der Waals surface area contributed by atoms with Gasteiger partial charge in [-0.1, -0.05) is 0 Å². The van der Waals surface area contributed by atoms with Gasteiger partial charge in [-0.2, -0.15) is 17.5 Å². The number of primary amides is 1. The monoisotopic (exact) mass is 286 g/mol. The summed E-state index contributed by atoms with van der Waals surface area (Å²) in [6, 6.07) is 0. The number of carbonyl (C=O) groups is 1. The van der Waals surface area contributed by atoms with Crippen molar-refractivity contribution < 1.29 is 18.0 Å². The van der Waals surface area contributed by atoms with Crippen molar-refractivity contribution in [1.82, 2.24) is 4.37 Å². The molecule has 5 nitrogen and oxygen atoms in total. The Bertz CT molecular complexity index is 406. The third-order valence-electron chi connectivity index (χ3n) is 1.62. The van der Waals surface area contributed by atoms with E-state index in [9.17, 15) is 18.0 Å². The zero-order valence-corrected chi connectivity index (χ0v) is 10.0. The van der Waals surface area contributed by atoms with E-state index in [1.165, 1.54) is 0 Å². The van der Waals surface area contributed by atoms with E-state index in [2.05, 4.69) is 9.69 Å². The number of alkyl halides is 3. The molecule has 1 heterocycles. The number of amides is 1. The molecule has 10 heteroatoms. The molecule has 0 aliphatic rings. The molecule has 0 aliphatic heterocycles. The van der Waals surface area contributed by atoms with Crippen LogP contribution in [0.2, 0.25) is 0 Å². The van der Waals surface area contributed by atoms with Crippen LogP contribution in [-0.2, 0) is 0 Å². The summed E-state index contributed by atoms with van der Waals surface area (Å²) < 4.78 is 39.2. The Morgan fingerprint density at radius 3 is 2.71 bits per heavy atom. The van der Waals surface area contributed by atoms with Gasteiger partial charge in [0.25, 0.3) is 5.91 Å². The number of hydrogen-bond acceptors (Lipinski definition) is 6. The van der Waals surface area contributed by atoms with E-state index < -0.39 is 11.4 Å². The number of thioether (sulfide) groups is 1. The second kappa shape index (κ2) is 5.45. The third-order valence-corrected chi connectivity index (χ3v) is 3.17. The largest absolute Gasteiger partial charge is 0.441 e. The van der Waals surface area contributed by atoms with Crippen molar-refractivity contribution in [3.05, 3.63) is 5.56 Å². The molecule has 1 rings (SSSR count). The molecule has 0 atom stereocenters. The molecule has 17 heavy (non-hydrogen) atoms. The van der Waals surface area contributed by atoms with Crippen molar-refractivity contribution >= 4 is 40.0 Å². The summed E-state index contributed by atoms with van der Waals surface area (Å²) in [6.45, 7) is 0.0338. The maximum absolute atomic E-state index is 11.8. The van der Waals surface area contributed by atoms with Gasteiger partial charge in [0.1, 0.15) is 10.6 Å². The maximum Gasteiger partial charge on any atom is 0.441 e. The number of hydrogen-bond donors (Lipinski definition) is 3. The number of nitrogens with zero attached hydrogens (tertiary/aromatic N) is 1. The summed E-state index contributed by atoms with van der Waals surface area (Å²) in [5.74, 6) is -0.963. The highest BCUT2D eigenvalue weighted by atomic mass is 32.2. The van der Waals surface area contributed by atoms with Crippen LogP contribution in [0.15, 0.2) is 0 Å². The van der Waals surface area contributed by atoms with Gasteiger partial charge in [0.2, 0.25) is 0 Å². The highest BCUT2D eigenvalue weighted by Crippen LogP contribution is 2.30. The highest BCUT2D eigenvalue weighted by molar-refractivity contribution is 8.00. The van der Waals surface area contributed by atoms with Crippen LogP contribution in [-0.4, -0.2) is 28.1 Å². The molecule has 0 aromatic carbocycles. The Hall–Kier alpha value is -1.16. The Morgan fingerprint density at radius 2 is 2.18 bits per heavy atom. The summed E-state index contributed by atoms with van der Waals surface area (Å²) in [7, 11) is 0. The van der Waals surface area contributed by atoms with Gasteiger partial charge in [-0.3, -0.25) is 4.79 Å². The summed E-state index contributed by atoms with van der Waals surface area (Å²) in [5, 5.41) is 2.93. The lowest BCUT2D eigenvalue weighted by Gasteiger charge is -2.07. The molecule has 1 aromatic heterocycles. The molecule has 0 saturated heterocycles. The molecule has 0 saturated carbocycles. The van der Waals surface area contributed by atoms with E-state index in [4.69, 9.17) is 11.5 Å². The minimum atomic E-state index is -4.26. The molecule has 0 spiro atoms. The predicted octanol–water partition coefficient (Wildman–Crippen LogP) is 1.49. The fraction of sp³-hybridized carbons (Fsp3) is 0.429. The van der Waals surface area contributed by atoms with Crippen LogP contribution < -0.4 is 16.8 Å². The fourth-order valence-electron chi connectivity index (χ4n) is 0.993. The summed E-state index contributed by atoms with van der Waals surface area (Å²) in [4.78, 5) is 11.0. The zero-order valence-electron chi connectivity index (χ0n) is 8.37. The van der Waals surface area contributed by atoms with Crippen LogP contribution >= 0.6 is 23.3 Å². The summed E-state index contributed by atoms with van der Waals surface area (Å²) in [5.41, 5.74) is 6.20. The first-order chi connectivity index (χ1) is 7.81. The van der Waals surface area contributed by atoms with Crippen molar-refractivity contribution in [3.63, 3.8) is 0 Å². The van der Waals surface area contributed by atoms with Crippen LogP contribution in [0.3, 0.4) is 0 Å². The summed E-state index contributed by atoms with van der Waals surface area (Å²) in [6.07, 6.45) is 0. The lowest BCUT2D eigenvalue weighted by molar-refractivity contribution is -0.0327. The van der Waals surface area contributed by atoms with Gasteiger partial charge >= 0.3 is 5.51 Å². The first kappa shape index (κ1) is 13.9. The van der Waals surface area contributed by atoms with Crippen molar-refractivity contribution in [1.29, 1.82) is 0 Å². The van der Waals surface area contributed by atoms with Crippen molar-refractivity contribution in [2.45, 2.75) is 5.51 Å². The van der Waals surface area contributed by atoms with Gasteiger partial charge < -0.3 is 16.8 Å². The second-order valence-corrected chi connectivity index (χ2v) is 4.79. The minimum Gasteiger partial charge on any atom is -0.382 e. The van der Waals surface area contributed by atoms with Crippen LogP contribution in [0, 0.1) is 0 Å². The number of nitrogen functional groups attached to an aromatic ring is 1. The molecule has 1 amide bonds. The SMILES string of the molecule is NC(=O)c1c(N)nsc1NCCSC(F)(F)F. The molecule has 0 fully saturated rings. The standard InChI is InChI=1S/C7H9F3N4OS2/c8-7(9,10)16-2-1-13-6-3(5(12)15)4(11)14-17-6/h13H,1-2H2,(H2,11,14)(H2,12,15). The van der Waals surface area contributed by atoms with E-state index in [1.807, 2.05) is 0 Å². The smallest absolute Gasteiger partial charge is 0.382 e. The first-order valence-electron chi connectivity index (χ1n) is 4.31. The van der Waals surface area contributed by atoms with Crippen molar-refractivity contribution in [2.75, 3.05) is 23.3 Å². The van der Waals surface area contributed by atoms with Crippen LogP contribution in [0.25, 0.3) is 0 Å². The average molecular weight is 286 g/mol. The lowest BCUT2D eigenvalue weighted by Crippen LogP contribution is -2.16. The van der Waals surface area contributed by atoms with E-state index >= 15 is 0 Å². The normalized spacial score (nSPS) is 11.5. The van der Waals surface area contributed by atoms with Gasteiger partial charge in [0.15, 0.2) is 5.82 Å². The quantitative estimate of drug-likeness (QED) is 0.713. The second-order valence-electron chi connectivity index (χ2n) is 2.86. The number of aromatic nitrogens is 1. The van der Waals surface area contributed by atoms with E-state index in [0.717, 1.165) is 11.5 Å². The Balaban J connectivity index is 2.50. The topological polar surface area (TPSA) is 94.0 Å². The Morgan fingerprint density at radius 1 is 1.53 bits per heavy atom. The number of anilines is 2. The molecule has 96 valence electrons. The van der Waals surface area contributed by atoms with Gasteiger partial charge in [-0.15, -0.1) is 0 Å². The minimum absolute atomic E-state index is 0.0199. The molecule has 0 radical (unpaired) electrons. The zero-order chi connectivity index (χ0) is 13.1. The number of nitrogens with one attached hydrogen (secondary N) is 1. The number of halogens is 3. The van der Waals surface area contributed by atoms with Crippen LogP contribution in [0.1, 0.15) is 10.4 Å². The number of nitrogens with two attached hydrogens (primary N) is 2. The molecule has 0 unspecified atom stereocenters. The maximum atomic E-state index is 11.8.